The Morgan fingerprint density at radius 3 is 2.82 bits per heavy atom. The van der Waals surface area contributed by atoms with Crippen molar-refractivity contribution in [2.24, 2.45) is 11.8 Å². The average Bonchev–Trinajstić information content (AvgIpc) is 2.53. The van der Waals surface area contributed by atoms with E-state index in [9.17, 15) is 14.0 Å². The zero-order valence-corrected chi connectivity index (χ0v) is 12.8. The number of aliphatic carboxylic acids is 1. The second kappa shape index (κ2) is 7.38. The Hall–Kier alpha value is -1.91. The quantitative estimate of drug-likeness (QED) is 0.910. The molecule has 1 aliphatic heterocycles. The van der Waals surface area contributed by atoms with Crippen LogP contribution in [0, 0.1) is 17.7 Å². The summed E-state index contributed by atoms with van der Waals surface area (Å²) in [6, 6.07) is 6.58. The molecule has 1 unspecified atom stereocenters. The predicted octanol–water partition coefficient (Wildman–Crippen LogP) is 2.72. The fraction of sp³-hybridized carbons (Fsp3) is 0.529. The molecule has 1 heterocycles. The summed E-state index contributed by atoms with van der Waals surface area (Å²) in [6.45, 7) is 2.73. The van der Waals surface area contributed by atoms with E-state index in [1.807, 2.05) is 6.92 Å². The maximum Gasteiger partial charge on any atom is 0.308 e. The van der Waals surface area contributed by atoms with Crippen molar-refractivity contribution < 1.29 is 19.1 Å². The van der Waals surface area contributed by atoms with Crippen molar-refractivity contribution in [1.29, 1.82) is 0 Å². The number of piperidine rings is 1. The van der Waals surface area contributed by atoms with Crippen LogP contribution in [0.5, 0.6) is 0 Å². The van der Waals surface area contributed by atoms with Crippen molar-refractivity contribution in [2.45, 2.75) is 32.6 Å². The fourth-order valence-electron chi connectivity index (χ4n) is 2.89. The van der Waals surface area contributed by atoms with Crippen LogP contribution in [0.15, 0.2) is 24.3 Å². The number of likely N-dealkylation sites (tertiary alicyclic amines) is 1. The minimum atomic E-state index is -0.837. The van der Waals surface area contributed by atoms with Crippen LogP contribution in [0.3, 0.4) is 0 Å². The third-order valence-corrected chi connectivity index (χ3v) is 4.31. The first kappa shape index (κ1) is 16.5. The van der Waals surface area contributed by atoms with E-state index in [-0.39, 0.29) is 24.2 Å². The second-order valence-corrected chi connectivity index (χ2v) is 5.99. The molecule has 2 rings (SSSR count). The first-order chi connectivity index (χ1) is 10.5. The normalized spacial score (nSPS) is 19.7. The first-order valence-electron chi connectivity index (χ1n) is 7.74. The number of rotatable bonds is 5. The molecule has 1 saturated heterocycles. The number of carbonyl (C=O) groups is 2. The Kier molecular flexibility index (Phi) is 5.52. The zero-order valence-electron chi connectivity index (χ0n) is 12.8. The number of hydrogen-bond donors (Lipinski definition) is 1. The molecule has 0 radical (unpaired) electrons. The van der Waals surface area contributed by atoms with Gasteiger partial charge in [0.25, 0.3) is 0 Å². The van der Waals surface area contributed by atoms with Crippen LogP contribution in [0.1, 0.15) is 31.7 Å². The van der Waals surface area contributed by atoms with Gasteiger partial charge in [0, 0.05) is 19.0 Å². The highest BCUT2D eigenvalue weighted by Gasteiger charge is 2.30. The van der Waals surface area contributed by atoms with E-state index in [1.165, 1.54) is 6.07 Å². The number of aryl methyl sites for hydroxylation is 1. The summed E-state index contributed by atoms with van der Waals surface area (Å²) >= 11 is 0. The third kappa shape index (κ3) is 4.06. The Labute approximate surface area is 129 Å². The molecule has 1 N–H and O–H groups in total. The molecule has 1 aromatic rings. The number of benzene rings is 1. The third-order valence-electron chi connectivity index (χ3n) is 4.31. The summed E-state index contributed by atoms with van der Waals surface area (Å²) in [6.07, 6.45) is 2.43. The van der Waals surface area contributed by atoms with Crippen LogP contribution in [-0.2, 0) is 16.0 Å². The lowest BCUT2D eigenvalue weighted by Crippen LogP contribution is -2.44. The van der Waals surface area contributed by atoms with E-state index in [0.29, 0.717) is 31.4 Å². The standard InChI is InChI=1S/C17H22FNO3/c1-12(8-9-13-5-2-3-7-15(13)18)16(20)19-10-4-6-14(11-19)17(21)22/h2-3,5,7,12,14H,4,6,8-11H2,1H3,(H,21,22)/t12?,14-/m0/s1. The van der Waals surface area contributed by atoms with Crippen LogP contribution in [0.25, 0.3) is 0 Å². The molecular formula is C17H22FNO3. The van der Waals surface area contributed by atoms with Gasteiger partial charge in [-0.25, -0.2) is 4.39 Å². The molecule has 1 aliphatic rings. The summed E-state index contributed by atoms with van der Waals surface area (Å²) in [5, 5.41) is 9.08. The number of carboxylic acids is 1. The summed E-state index contributed by atoms with van der Waals surface area (Å²) in [7, 11) is 0. The van der Waals surface area contributed by atoms with Gasteiger partial charge in [-0.3, -0.25) is 9.59 Å². The van der Waals surface area contributed by atoms with Gasteiger partial charge in [0.05, 0.1) is 5.92 Å². The number of carboxylic acid groups (broad SMARTS) is 1. The van der Waals surface area contributed by atoms with Crippen LogP contribution in [-0.4, -0.2) is 35.0 Å². The highest BCUT2D eigenvalue weighted by molar-refractivity contribution is 5.79. The molecule has 0 aliphatic carbocycles. The smallest absolute Gasteiger partial charge is 0.308 e. The summed E-state index contributed by atoms with van der Waals surface area (Å²) in [5.74, 6) is -1.80. The molecule has 0 spiro atoms. The van der Waals surface area contributed by atoms with E-state index >= 15 is 0 Å². The number of nitrogens with zero attached hydrogens (tertiary/aromatic N) is 1. The molecule has 1 fully saturated rings. The van der Waals surface area contributed by atoms with Gasteiger partial charge < -0.3 is 10.0 Å². The lowest BCUT2D eigenvalue weighted by atomic mass is 9.95. The number of carbonyl (C=O) groups excluding carboxylic acids is 1. The van der Waals surface area contributed by atoms with Gasteiger partial charge in [0.2, 0.25) is 5.91 Å². The van der Waals surface area contributed by atoms with E-state index in [0.717, 1.165) is 6.42 Å². The molecule has 5 heteroatoms. The Morgan fingerprint density at radius 2 is 2.14 bits per heavy atom. The monoisotopic (exact) mass is 307 g/mol. The lowest BCUT2D eigenvalue weighted by Gasteiger charge is -2.32. The molecule has 1 amide bonds. The van der Waals surface area contributed by atoms with E-state index in [4.69, 9.17) is 5.11 Å². The number of amides is 1. The molecule has 4 nitrogen and oxygen atoms in total. The SMILES string of the molecule is CC(CCc1ccccc1F)C(=O)N1CCC[C@H](C(=O)O)C1. The lowest BCUT2D eigenvalue weighted by molar-refractivity contribution is -0.146. The Morgan fingerprint density at radius 1 is 1.41 bits per heavy atom. The average molecular weight is 307 g/mol. The largest absolute Gasteiger partial charge is 0.481 e. The highest BCUT2D eigenvalue weighted by atomic mass is 19.1. The van der Waals surface area contributed by atoms with E-state index in [2.05, 4.69) is 0 Å². The maximum atomic E-state index is 13.6. The van der Waals surface area contributed by atoms with E-state index < -0.39 is 11.9 Å². The van der Waals surface area contributed by atoms with Gasteiger partial charge in [0.15, 0.2) is 0 Å². The topological polar surface area (TPSA) is 57.6 Å². The fourth-order valence-corrected chi connectivity index (χ4v) is 2.89. The minimum Gasteiger partial charge on any atom is -0.481 e. The van der Waals surface area contributed by atoms with Crippen LogP contribution in [0.4, 0.5) is 4.39 Å². The van der Waals surface area contributed by atoms with Gasteiger partial charge in [-0.2, -0.15) is 0 Å². The van der Waals surface area contributed by atoms with Crippen LogP contribution < -0.4 is 0 Å². The molecule has 0 saturated carbocycles. The molecule has 22 heavy (non-hydrogen) atoms. The van der Waals surface area contributed by atoms with Crippen molar-refractivity contribution in [3.05, 3.63) is 35.6 Å². The van der Waals surface area contributed by atoms with Gasteiger partial charge >= 0.3 is 5.97 Å². The summed E-state index contributed by atoms with van der Waals surface area (Å²) < 4.78 is 13.6. The first-order valence-corrected chi connectivity index (χ1v) is 7.74. The molecule has 0 bridgehead atoms. The van der Waals surface area contributed by atoms with Crippen LogP contribution >= 0.6 is 0 Å². The Bertz CT molecular complexity index is 546. The zero-order chi connectivity index (χ0) is 16.1. The maximum absolute atomic E-state index is 13.6. The molecule has 0 aromatic heterocycles. The second-order valence-electron chi connectivity index (χ2n) is 5.99. The molecule has 120 valence electrons. The van der Waals surface area contributed by atoms with Crippen molar-refractivity contribution in [3.63, 3.8) is 0 Å². The number of halogens is 1. The van der Waals surface area contributed by atoms with E-state index in [1.54, 1.807) is 23.1 Å². The molecular weight excluding hydrogens is 285 g/mol. The van der Waals surface area contributed by atoms with Crippen molar-refractivity contribution in [3.8, 4) is 0 Å². The molecule has 1 aromatic carbocycles. The van der Waals surface area contributed by atoms with Gasteiger partial charge in [-0.05, 0) is 37.3 Å². The predicted molar refractivity (Wildman–Crippen MR) is 80.8 cm³/mol. The van der Waals surface area contributed by atoms with Crippen LogP contribution in [0.2, 0.25) is 0 Å². The highest BCUT2D eigenvalue weighted by Crippen LogP contribution is 2.21. The molecule has 2 atom stereocenters. The van der Waals surface area contributed by atoms with Crippen molar-refractivity contribution in [2.75, 3.05) is 13.1 Å². The van der Waals surface area contributed by atoms with Gasteiger partial charge in [-0.1, -0.05) is 25.1 Å². The summed E-state index contributed by atoms with van der Waals surface area (Å²) in [5.41, 5.74) is 0.615. The number of hydrogen-bond acceptors (Lipinski definition) is 2. The summed E-state index contributed by atoms with van der Waals surface area (Å²) in [4.78, 5) is 25.1. The van der Waals surface area contributed by atoms with Gasteiger partial charge in [0.1, 0.15) is 5.82 Å². The Balaban J connectivity index is 1.89. The minimum absolute atomic E-state index is 0.0257. The van der Waals surface area contributed by atoms with Crippen molar-refractivity contribution in [1.82, 2.24) is 4.90 Å². The van der Waals surface area contributed by atoms with Gasteiger partial charge in [-0.15, -0.1) is 0 Å². The van der Waals surface area contributed by atoms with Crippen molar-refractivity contribution >= 4 is 11.9 Å².